The Hall–Kier alpha value is -1.65. The zero-order valence-corrected chi connectivity index (χ0v) is 9.06. The number of nitrogens with zero attached hydrogens (tertiary/aromatic N) is 2. The van der Waals surface area contributed by atoms with Crippen LogP contribution in [0, 0.1) is 5.39 Å². The zero-order chi connectivity index (χ0) is 11.9. The first-order chi connectivity index (χ1) is 6.86. The number of methoxy groups -OCH3 is 1. The van der Waals surface area contributed by atoms with Crippen LogP contribution in [0.5, 0.6) is 5.75 Å². The SMILES string of the molecule is COc1ccc([N+]#N)cc1.CS(=O)(=O)[O-]. The van der Waals surface area contributed by atoms with E-state index >= 15 is 0 Å². The molecule has 0 aliphatic rings. The summed E-state index contributed by atoms with van der Waals surface area (Å²) in [5.74, 6) is 0.757. The lowest BCUT2D eigenvalue weighted by atomic mass is 10.3. The van der Waals surface area contributed by atoms with Crippen molar-refractivity contribution in [3.05, 3.63) is 29.2 Å². The van der Waals surface area contributed by atoms with Crippen LogP contribution in [0.1, 0.15) is 0 Å². The van der Waals surface area contributed by atoms with Crippen LogP contribution in [0.25, 0.3) is 4.98 Å². The monoisotopic (exact) mass is 230 g/mol. The van der Waals surface area contributed by atoms with E-state index < -0.39 is 10.1 Å². The lowest BCUT2D eigenvalue weighted by Crippen LogP contribution is -1.88. The number of hydrogen-bond donors (Lipinski definition) is 0. The molecule has 15 heavy (non-hydrogen) atoms. The van der Waals surface area contributed by atoms with Gasteiger partial charge >= 0.3 is 5.69 Å². The molecule has 82 valence electrons. The smallest absolute Gasteiger partial charge is 0.385 e. The summed E-state index contributed by atoms with van der Waals surface area (Å²) in [5, 5.41) is 8.29. The highest BCUT2D eigenvalue weighted by molar-refractivity contribution is 7.84. The number of diazo groups is 1. The average molecular weight is 230 g/mol. The maximum absolute atomic E-state index is 9.08. The summed E-state index contributed by atoms with van der Waals surface area (Å²) in [5.41, 5.74) is 0.529. The summed E-state index contributed by atoms with van der Waals surface area (Å²) in [6, 6.07) is 6.79. The third kappa shape index (κ3) is 8.67. The molecule has 0 spiro atoms. The molecule has 0 aromatic heterocycles. The molecule has 0 heterocycles. The van der Waals surface area contributed by atoms with Gasteiger partial charge in [0.2, 0.25) is 5.39 Å². The molecule has 0 fully saturated rings. The van der Waals surface area contributed by atoms with Crippen molar-refractivity contribution >= 4 is 15.8 Å². The maximum atomic E-state index is 9.08. The van der Waals surface area contributed by atoms with Crippen LogP contribution in [0.4, 0.5) is 5.69 Å². The minimum atomic E-state index is -3.92. The Morgan fingerprint density at radius 3 is 2.00 bits per heavy atom. The van der Waals surface area contributed by atoms with Gasteiger partial charge < -0.3 is 9.29 Å². The van der Waals surface area contributed by atoms with E-state index in [1.54, 1.807) is 31.4 Å². The first-order valence-electron chi connectivity index (χ1n) is 3.77. The van der Waals surface area contributed by atoms with Gasteiger partial charge in [0.15, 0.2) is 4.98 Å². The standard InChI is InChI=1S/C7H7N2O.CH4O3S/c1-10-7-4-2-6(9-8)3-5-7;1-5(2,3)4/h2-5H,1H3;1H3,(H,2,3,4)/q+1;/p-1. The summed E-state index contributed by atoms with van der Waals surface area (Å²) in [4.78, 5) is 2.99. The second-order valence-corrected chi connectivity index (χ2v) is 3.91. The molecule has 0 aliphatic carbocycles. The largest absolute Gasteiger partial charge is 0.748 e. The Kier molecular flexibility index (Phi) is 5.30. The van der Waals surface area contributed by atoms with E-state index in [-0.39, 0.29) is 0 Å². The van der Waals surface area contributed by atoms with E-state index in [9.17, 15) is 0 Å². The molecule has 0 radical (unpaired) electrons. The van der Waals surface area contributed by atoms with Crippen molar-refractivity contribution in [2.24, 2.45) is 0 Å². The minimum absolute atomic E-state index is 0.529. The zero-order valence-electron chi connectivity index (χ0n) is 8.25. The van der Waals surface area contributed by atoms with Crippen LogP contribution < -0.4 is 4.74 Å². The Morgan fingerprint density at radius 2 is 1.73 bits per heavy atom. The van der Waals surface area contributed by atoms with Gasteiger partial charge in [-0.2, -0.15) is 0 Å². The molecule has 0 bridgehead atoms. The normalized spacial score (nSPS) is 9.47. The van der Waals surface area contributed by atoms with E-state index in [2.05, 4.69) is 4.98 Å². The third-order valence-electron chi connectivity index (χ3n) is 1.19. The first kappa shape index (κ1) is 13.4. The lowest BCUT2D eigenvalue weighted by Gasteiger charge is -1.93. The fourth-order valence-corrected chi connectivity index (χ4v) is 0.649. The summed E-state index contributed by atoms with van der Waals surface area (Å²) in [6.07, 6.45) is 0.604. The van der Waals surface area contributed by atoms with Crippen molar-refractivity contribution in [3.8, 4) is 5.75 Å². The van der Waals surface area contributed by atoms with Gasteiger partial charge in [0, 0.05) is 18.4 Å². The predicted octanol–water partition coefficient (Wildman–Crippen LogP) is 1.34. The number of hydrogen-bond acceptors (Lipinski definition) is 5. The first-order valence-corrected chi connectivity index (χ1v) is 5.58. The molecule has 0 aliphatic heterocycles. The fraction of sp³-hybridized carbons (Fsp3) is 0.250. The minimum Gasteiger partial charge on any atom is -0.748 e. The van der Waals surface area contributed by atoms with Gasteiger partial charge in [-0.1, -0.05) is 0 Å². The highest BCUT2D eigenvalue weighted by Gasteiger charge is 2.01. The van der Waals surface area contributed by atoms with Crippen molar-refractivity contribution in [1.29, 1.82) is 5.39 Å². The van der Waals surface area contributed by atoms with Gasteiger partial charge in [0.25, 0.3) is 0 Å². The summed E-state index contributed by atoms with van der Waals surface area (Å²) in [6.45, 7) is 0. The molecule has 1 aromatic rings. The molecule has 0 unspecified atom stereocenters. The maximum Gasteiger partial charge on any atom is 0.385 e. The second-order valence-electron chi connectivity index (χ2n) is 2.50. The van der Waals surface area contributed by atoms with Crippen LogP contribution in [-0.4, -0.2) is 26.3 Å². The second kappa shape index (κ2) is 5.95. The molecule has 0 amide bonds. The molecule has 6 nitrogen and oxygen atoms in total. The summed E-state index contributed by atoms with van der Waals surface area (Å²) >= 11 is 0. The van der Waals surface area contributed by atoms with E-state index in [0.717, 1.165) is 5.75 Å². The van der Waals surface area contributed by atoms with E-state index in [1.165, 1.54) is 0 Å². The van der Waals surface area contributed by atoms with Gasteiger partial charge in [0.05, 0.1) is 17.2 Å². The Bertz CT molecular complexity index is 425. The lowest BCUT2D eigenvalue weighted by molar-refractivity contribution is 0.415. The van der Waals surface area contributed by atoms with Crippen LogP contribution in [0.2, 0.25) is 0 Å². The van der Waals surface area contributed by atoms with Gasteiger partial charge in [-0.15, -0.1) is 0 Å². The quantitative estimate of drug-likeness (QED) is 0.536. The average Bonchev–Trinajstić information content (AvgIpc) is 2.15. The Balaban J connectivity index is 0.000000336. The molecular weight excluding hydrogens is 220 g/mol. The van der Waals surface area contributed by atoms with E-state index in [1.807, 2.05) is 0 Å². The van der Waals surface area contributed by atoms with Crippen LogP contribution in [0.3, 0.4) is 0 Å². The van der Waals surface area contributed by atoms with Crippen LogP contribution in [0.15, 0.2) is 24.3 Å². The van der Waals surface area contributed by atoms with Crippen LogP contribution >= 0.6 is 0 Å². The number of ether oxygens (including phenoxy) is 1. The third-order valence-corrected chi connectivity index (χ3v) is 1.19. The molecule has 0 N–H and O–H groups in total. The summed E-state index contributed by atoms with van der Waals surface area (Å²) in [7, 11) is -2.33. The summed E-state index contributed by atoms with van der Waals surface area (Å²) < 4.78 is 32.1. The molecular formula is C8H10N2O4S. The molecule has 7 heteroatoms. The number of rotatable bonds is 1. The highest BCUT2D eigenvalue weighted by atomic mass is 32.2. The Morgan fingerprint density at radius 1 is 1.33 bits per heavy atom. The molecule has 1 rings (SSSR count). The molecule has 1 aromatic carbocycles. The number of benzene rings is 1. The molecule has 0 atom stereocenters. The van der Waals surface area contributed by atoms with Crippen molar-refractivity contribution in [1.82, 2.24) is 0 Å². The van der Waals surface area contributed by atoms with Crippen LogP contribution in [-0.2, 0) is 10.1 Å². The van der Waals surface area contributed by atoms with Gasteiger partial charge in [-0.25, -0.2) is 8.42 Å². The predicted molar refractivity (Wildman–Crippen MR) is 53.4 cm³/mol. The van der Waals surface area contributed by atoms with E-state index in [4.69, 9.17) is 23.1 Å². The van der Waals surface area contributed by atoms with Gasteiger partial charge in [0.1, 0.15) is 5.75 Å². The molecule has 0 saturated heterocycles. The van der Waals surface area contributed by atoms with Gasteiger partial charge in [-0.3, -0.25) is 0 Å². The van der Waals surface area contributed by atoms with Crippen molar-refractivity contribution < 1.29 is 17.7 Å². The highest BCUT2D eigenvalue weighted by Crippen LogP contribution is 2.16. The Labute approximate surface area is 87.9 Å². The van der Waals surface area contributed by atoms with Crippen molar-refractivity contribution in [2.75, 3.05) is 13.4 Å². The van der Waals surface area contributed by atoms with Crippen molar-refractivity contribution in [2.45, 2.75) is 0 Å². The molecule has 0 saturated carbocycles. The van der Waals surface area contributed by atoms with Crippen molar-refractivity contribution in [3.63, 3.8) is 0 Å². The topological polar surface area (TPSA) is 94.6 Å². The van der Waals surface area contributed by atoms with Gasteiger partial charge in [-0.05, 0) is 12.1 Å². The fourth-order valence-electron chi connectivity index (χ4n) is 0.649. The van der Waals surface area contributed by atoms with E-state index in [0.29, 0.717) is 11.9 Å².